The standard InChI is InChI=1S/C16H16BrFN2O/c1-20(12-6-3-2-4-7-12)11-10-19-16(21)13-8-5-9-14(18)15(13)17/h2-9H,10-11H2,1H3,(H,19,21). The molecule has 2 aromatic carbocycles. The second-order valence-electron chi connectivity index (χ2n) is 4.61. The summed E-state index contributed by atoms with van der Waals surface area (Å²) in [7, 11) is 1.96. The molecule has 0 fully saturated rings. The number of nitrogens with zero attached hydrogens (tertiary/aromatic N) is 1. The molecule has 1 amide bonds. The molecule has 0 radical (unpaired) electrons. The third-order valence-electron chi connectivity index (χ3n) is 3.13. The molecular formula is C16H16BrFN2O. The van der Waals surface area contributed by atoms with Gasteiger partial charge in [0.25, 0.3) is 5.91 Å². The van der Waals surface area contributed by atoms with Crippen LogP contribution in [0.3, 0.4) is 0 Å². The van der Waals surface area contributed by atoms with Crippen LogP contribution in [0.5, 0.6) is 0 Å². The molecule has 1 N–H and O–H groups in total. The Hall–Kier alpha value is -1.88. The predicted octanol–water partition coefficient (Wildman–Crippen LogP) is 3.45. The van der Waals surface area contributed by atoms with Crippen LogP contribution >= 0.6 is 15.9 Å². The Morgan fingerprint density at radius 2 is 1.90 bits per heavy atom. The number of benzene rings is 2. The highest BCUT2D eigenvalue weighted by molar-refractivity contribution is 9.10. The Morgan fingerprint density at radius 1 is 1.19 bits per heavy atom. The van der Waals surface area contributed by atoms with Crippen molar-refractivity contribution in [2.75, 3.05) is 25.0 Å². The van der Waals surface area contributed by atoms with Gasteiger partial charge in [-0.3, -0.25) is 4.79 Å². The van der Waals surface area contributed by atoms with Gasteiger partial charge in [-0.25, -0.2) is 4.39 Å². The van der Waals surface area contributed by atoms with Gasteiger partial charge in [0.15, 0.2) is 0 Å². The minimum Gasteiger partial charge on any atom is -0.373 e. The van der Waals surface area contributed by atoms with Crippen molar-refractivity contribution in [2.24, 2.45) is 0 Å². The minimum absolute atomic E-state index is 0.193. The van der Waals surface area contributed by atoms with E-state index in [2.05, 4.69) is 21.2 Å². The Kier molecular flexibility index (Phi) is 5.33. The molecular weight excluding hydrogens is 335 g/mol. The van der Waals surface area contributed by atoms with Crippen LogP contribution in [0.4, 0.5) is 10.1 Å². The lowest BCUT2D eigenvalue weighted by Gasteiger charge is -2.19. The van der Waals surface area contributed by atoms with Gasteiger partial charge in [0, 0.05) is 25.8 Å². The number of likely N-dealkylation sites (N-methyl/N-ethyl adjacent to an activating group) is 1. The molecule has 2 rings (SSSR count). The highest BCUT2D eigenvalue weighted by atomic mass is 79.9. The number of anilines is 1. The maximum Gasteiger partial charge on any atom is 0.252 e. The van der Waals surface area contributed by atoms with E-state index in [0.717, 1.165) is 5.69 Å². The van der Waals surface area contributed by atoms with E-state index in [-0.39, 0.29) is 10.4 Å². The van der Waals surface area contributed by atoms with E-state index in [1.807, 2.05) is 42.3 Å². The number of rotatable bonds is 5. The molecule has 3 nitrogen and oxygen atoms in total. The largest absolute Gasteiger partial charge is 0.373 e. The number of hydrogen-bond acceptors (Lipinski definition) is 2. The van der Waals surface area contributed by atoms with Crippen LogP contribution in [0.1, 0.15) is 10.4 Å². The number of para-hydroxylation sites is 1. The monoisotopic (exact) mass is 350 g/mol. The molecule has 0 bridgehead atoms. The minimum atomic E-state index is -0.441. The number of carbonyl (C=O) groups excluding carboxylic acids is 1. The van der Waals surface area contributed by atoms with Crippen molar-refractivity contribution in [1.82, 2.24) is 5.32 Å². The molecule has 0 aliphatic rings. The fraction of sp³-hybridized carbons (Fsp3) is 0.188. The SMILES string of the molecule is CN(CCNC(=O)c1cccc(F)c1Br)c1ccccc1. The van der Waals surface area contributed by atoms with Crippen LogP contribution in [0.25, 0.3) is 0 Å². The molecule has 21 heavy (non-hydrogen) atoms. The first-order valence-corrected chi connectivity index (χ1v) is 7.37. The van der Waals surface area contributed by atoms with Gasteiger partial charge < -0.3 is 10.2 Å². The summed E-state index contributed by atoms with van der Waals surface area (Å²) in [5.41, 5.74) is 1.39. The van der Waals surface area contributed by atoms with Gasteiger partial charge >= 0.3 is 0 Å². The highest BCUT2D eigenvalue weighted by Gasteiger charge is 2.12. The van der Waals surface area contributed by atoms with E-state index >= 15 is 0 Å². The van der Waals surface area contributed by atoms with Crippen LogP contribution < -0.4 is 10.2 Å². The third-order valence-corrected chi connectivity index (χ3v) is 3.93. The van der Waals surface area contributed by atoms with E-state index in [4.69, 9.17) is 0 Å². The molecule has 2 aromatic rings. The summed E-state index contributed by atoms with van der Waals surface area (Å²) in [6.07, 6.45) is 0. The molecule has 0 atom stereocenters. The Morgan fingerprint density at radius 3 is 2.62 bits per heavy atom. The summed E-state index contributed by atoms with van der Waals surface area (Å²) in [6.45, 7) is 1.15. The van der Waals surface area contributed by atoms with Crippen molar-refractivity contribution in [3.8, 4) is 0 Å². The van der Waals surface area contributed by atoms with E-state index in [9.17, 15) is 9.18 Å². The number of carbonyl (C=O) groups is 1. The fourth-order valence-corrected chi connectivity index (χ4v) is 2.37. The second-order valence-corrected chi connectivity index (χ2v) is 5.41. The first kappa shape index (κ1) is 15.5. The van der Waals surface area contributed by atoms with Crippen LogP contribution in [0.15, 0.2) is 53.0 Å². The van der Waals surface area contributed by atoms with Gasteiger partial charge in [-0.05, 0) is 40.2 Å². The number of halogens is 2. The summed E-state index contributed by atoms with van der Waals surface area (Å²) >= 11 is 3.09. The van der Waals surface area contributed by atoms with E-state index in [0.29, 0.717) is 18.7 Å². The summed E-state index contributed by atoms with van der Waals surface area (Å²) in [6, 6.07) is 14.3. The molecule has 0 aromatic heterocycles. The van der Waals surface area contributed by atoms with Gasteiger partial charge in [0.1, 0.15) is 5.82 Å². The number of nitrogens with one attached hydrogen (secondary N) is 1. The van der Waals surface area contributed by atoms with Gasteiger partial charge in [0.05, 0.1) is 10.0 Å². The molecule has 5 heteroatoms. The average Bonchev–Trinajstić information content (AvgIpc) is 2.50. The third kappa shape index (κ3) is 4.04. The molecule has 0 saturated heterocycles. The van der Waals surface area contributed by atoms with Crippen molar-refractivity contribution in [3.05, 3.63) is 64.4 Å². The molecule has 0 unspecified atom stereocenters. The van der Waals surface area contributed by atoms with Crippen molar-refractivity contribution in [1.29, 1.82) is 0 Å². The van der Waals surface area contributed by atoms with E-state index in [1.54, 1.807) is 6.07 Å². The summed E-state index contributed by atoms with van der Waals surface area (Å²) in [5.74, 6) is -0.730. The van der Waals surface area contributed by atoms with Gasteiger partial charge in [-0.1, -0.05) is 24.3 Å². The van der Waals surface area contributed by atoms with Crippen LogP contribution in [0.2, 0.25) is 0 Å². The lowest BCUT2D eigenvalue weighted by atomic mass is 10.2. The Bertz CT molecular complexity index is 619. The molecule has 0 spiro atoms. The second kappa shape index (κ2) is 7.22. The van der Waals surface area contributed by atoms with Crippen LogP contribution in [-0.2, 0) is 0 Å². The van der Waals surface area contributed by atoms with E-state index in [1.165, 1.54) is 12.1 Å². The van der Waals surface area contributed by atoms with Gasteiger partial charge in [-0.15, -0.1) is 0 Å². The normalized spacial score (nSPS) is 10.2. The molecule has 110 valence electrons. The van der Waals surface area contributed by atoms with Crippen molar-refractivity contribution < 1.29 is 9.18 Å². The first-order chi connectivity index (χ1) is 10.1. The van der Waals surface area contributed by atoms with Crippen LogP contribution in [0, 0.1) is 5.82 Å². The Labute approximate surface area is 131 Å². The zero-order chi connectivity index (χ0) is 15.2. The number of amides is 1. The summed E-state index contributed by atoms with van der Waals surface area (Å²) < 4.78 is 13.6. The lowest BCUT2D eigenvalue weighted by molar-refractivity contribution is 0.0953. The zero-order valence-electron chi connectivity index (χ0n) is 11.6. The fourth-order valence-electron chi connectivity index (χ4n) is 1.92. The van der Waals surface area contributed by atoms with Crippen molar-refractivity contribution in [3.63, 3.8) is 0 Å². The summed E-state index contributed by atoms with van der Waals surface area (Å²) in [4.78, 5) is 14.1. The first-order valence-electron chi connectivity index (χ1n) is 6.58. The topological polar surface area (TPSA) is 32.3 Å². The smallest absolute Gasteiger partial charge is 0.252 e. The maximum atomic E-state index is 13.4. The van der Waals surface area contributed by atoms with Gasteiger partial charge in [-0.2, -0.15) is 0 Å². The highest BCUT2D eigenvalue weighted by Crippen LogP contribution is 2.20. The maximum absolute atomic E-state index is 13.4. The Balaban J connectivity index is 1.89. The average molecular weight is 351 g/mol. The van der Waals surface area contributed by atoms with Crippen LogP contribution in [-0.4, -0.2) is 26.0 Å². The van der Waals surface area contributed by atoms with Crippen molar-refractivity contribution >= 4 is 27.5 Å². The van der Waals surface area contributed by atoms with E-state index < -0.39 is 5.82 Å². The molecule has 0 aliphatic heterocycles. The predicted molar refractivity (Wildman–Crippen MR) is 86.1 cm³/mol. The molecule has 0 heterocycles. The number of hydrogen-bond donors (Lipinski definition) is 1. The van der Waals surface area contributed by atoms with Gasteiger partial charge in [0.2, 0.25) is 0 Å². The quantitative estimate of drug-likeness (QED) is 0.895. The zero-order valence-corrected chi connectivity index (χ0v) is 13.2. The molecule has 0 saturated carbocycles. The van der Waals surface area contributed by atoms with Crippen molar-refractivity contribution in [2.45, 2.75) is 0 Å². The lowest BCUT2D eigenvalue weighted by Crippen LogP contribution is -2.33. The molecule has 0 aliphatic carbocycles. The summed E-state index contributed by atoms with van der Waals surface area (Å²) in [5, 5.41) is 2.79.